The molecule has 2 heterocycles. The number of hydrogen-bond donors (Lipinski definition) is 1. The second-order valence-corrected chi connectivity index (χ2v) is 9.35. The fourth-order valence-corrected chi connectivity index (χ4v) is 4.27. The van der Waals surface area contributed by atoms with Gasteiger partial charge in [0.2, 0.25) is 6.41 Å². The van der Waals surface area contributed by atoms with Crippen molar-refractivity contribution in [2.45, 2.75) is 19.5 Å². The summed E-state index contributed by atoms with van der Waals surface area (Å²) in [7, 11) is 4.51. The van der Waals surface area contributed by atoms with E-state index < -0.39 is 23.0 Å². The molecule has 0 saturated carbocycles. The molecule has 2 amide bonds. The Bertz CT molecular complexity index is 1450. The summed E-state index contributed by atoms with van der Waals surface area (Å²) in [6.07, 6.45) is 0.464. The highest BCUT2D eigenvalue weighted by atomic mass is 19.1. The molecule has 1 aliphatic heterocycles. The van der Waals surface area contributed by atoms with E-state index in [9.17, 15) is 18.8 Å². The largest absolute Gasteiger partial charge is 0.374 e. The summed E-state index contributed by atoms with van der Waals surface area (Å²) in [6.45, 7) is 3.02. The second kappa shape index (κ2) is 9.78. The van der Waals surface area contributed by atoms with Crippen LogP contribution in [0.4, 0.5) is 31.7 Å². The number of nitrogens with zero attached hydrogens (tertiary/aromatic N) is 3. The molecule has 1 aliphatic rings. The van der Waals surface area contributed by atoms with Crippen molar-refractivity contribution in [3.63, 3.8) is 0 Å². The minimum Gasteiger partial charge on any atom is -0.374 e. The third kappa shape index (κ3) is 4.60. The van der Waals surface area contributed by atoms with Crippen LogP contribution in [0.25, 0.3) is 0 Å². The smallest absolute Gasteiger partial charge is 0.259 e. The standard InChI is InChI=1S/C27H28F2N4O4/c1-16-9-10-21(20(28)11-16)30-24-22(26(36)31(3)4)23(17(2)25(35)32(24)5)33(15-34)19-8-6-7-18(12-19)27(29)13-37-14-27/h6-12,15,30H,13-14H2,1-5H3. The van der Waals surface area contributed by atoms with Crippen LogP contribution in [0.2, 0.25) is 0 Å². The SMILES string of the molecule is Cc1ccc(Nc2c(C(=O)N(C)C)c(N(C=O)c3cccc(C4(F)COC4)c3)c(C)c(=O)n2C)c(F)c1. The first kappa shape index (κ1) is 26.0. The Hall–Kier alpha value is -4.05. The lowest BCUT2D eigenvalue weighted by atomic mass is 9.93. The molecule has 4 rings (SSSR count). The second-order valence-electron chi connectivity index (χ2n) is 9.35. The maximum absolute atomic E-state index is 15.1. The van der Waals surface area contributed by atoms with Crippen molar-refractivity contribution in [3.8, 4) is 0 Å². The molecule has 37 heavy (non-hydrogen) atoms. The molecule has 1 aromatic heterocycles. The van der Waals surface area contributed by atoms with Crippen LogP contribution in [-0.2, 0) is 22.2 Å². The number of anilines is 4. The van der Waals surface area contributed by atoms with Gasteiger partial charge in [-0.25, -0.2) is 8.78 Å². The van der Waals surface area contributed by atoms with Gasteiger partial charge in [0.15, 0.2) is 5.67 Å². The highest BCUT2D eigenvalue weighted by molar-refractivity contribution is 6.08. The Morgan fingerprint density at radius 1 is 1.16 bits per heavy atom. The Kier molecular flexibility index (Phi) is 6.88. The monoisotopic (exact) mass is 510 g/mol. The molecule has 1 N–H and O–H groups in total. The number of carbonyl (C=O) groups excluding carboxylic acids is 2. The molecule has 0 unspecified atom stereocenters. The molecule has 0 aliphatic carbocycles. The van der Waals surface area contributed by atoms with Crippen molar-refractivity contribution in [1.29, 1.82) is 0 Å². The van der Waals surface area contributed by atoms with E-state index in [1.165, 1.54) is 55.7 Å². The lowest BCUT2D eigenvalue weighted by Gasteiger charge is -2.35. The van der Waals surface area contributed by atoms with Gasteiger partial charge in [-0.3, -0.25) is 23.9 Å². The number of benzene rings is 2. The average Bonchev–Trinajstić information content (AvgIpc) is 2.85. The molecule has 0 spiro atoms. The van der Waals surface area contributed by atoms with Crippen LogP contribution in [0.5, 0.6) is 0 Å². The minimum absolute atomic E-state index is 0.00409. The first-order valence-electron chi connectivity index (χ1n) is 11.6. The number of pyridine rings is 1. The molecule has 3 aromatic rings. The molecule has 8 nitrogen and oxygen atoms in total. The van der Waals surface area contributed by atoms with Gasteiger partial charge in [-0.05, 0) is 49.2 Å². The van der Waals surface area contributed by atoms with Crippen LogP contribution in [0, 0.1) is 19.7 Å². The number of nitrogens with one attached hydrogen (secondary N) is 1. The fraction of sp³-hybridized carbons (Fsp3) is 0.296. The molecule has 0 atom stereocenters. The van der Waals surface area contributed by atoms with Crippen molar-refractivity contribution in [1.82, 2.24) is 9.47 Å². The summed E-state index contributed by atoms with van der Waals surface area (Å²) in [5.74, 6) is -1.10. The summed E-state index contributed by atoms with van der Waals surface area (Å²) in [5.41, 5.74) is -0.777. The number of aromatic nitrogens is 1. The molecule has 1 fully saturated rings. The lowest BCUT2D eigenvalue weighted by Crippen LogP contribution is -2.42. The zero-order chi connectivity index (χ0) is 27.1. The predicted octanol–water partition coefficient (Wildman–Crippen LogP) is 4.08. The Balaban J connectivity index is 1.97. The quantitative estimate of drug-likeness (QED) is 0.485. The van der Waals surface area contributed by atoms with Crippen LogP contribution in [0.3, 0.4) is 0 Å². The number of halogens is 2. The van der Waals surface area contributed by atoms with E-state index in [0.29, 0.717) is 17.5 Å². The maximum atomic E-state index is 15.1. The van der Waals surface area contributed by atoms with Crippen LogP contribution in [-0.4, -0.2) is 49.1 Å². The summed E-state index contributed by atoms with van der Waals surface area (Å²) in [6, 6.07) is 10.8. The third-order valence-electron chi connectivity index (χ3n) is 6.44. The fourth-order valence-electron chi connectivity index (χ4n) is 4.27. The summed E-state index contributed by atoms with van der Waals surface area (Å²) >= 11 is 0. The highest BCUT2D eigenvalue weighted by Crippen LogP contribution is 2.39. The Morgan fingerprint density at radius 3 is 2.43 bits per heavy atom. The van der Waals surface area contributed by atoms with Gasteiger partial charge in [-0.2, -0.15) is 0 Å². The normalized spacial score (nSPS) is 14.0. The Labute approximate surface area is 213 Å². The first-order chi connectivity index (χ1) is 17.5. The molecule has 10 heteroatoms. The van der Waals surface area contributed by atoms with Crippen LogP contribution >= 0.6 is 0 Å². The number of carbonyl (C=O) groups is 2. The molecule has 0 bridgehead atoms. The van der Waals surface area contributed by atoms with E-state index in [2.05, 4.69) is 5.32 Å². The number of hydrogen-bond acceptors (Lipinski definition) is 5. The van der Waals surface area contributed by atoms with E-state index in [0.717, 1.165) is 4.90 Å². The summed E-state index contributed by atoms with van der Waals surface area (Å²) < 4.78 is 36.1. The van der Waals surface area contributed by atoms with Crippen molar-refractivity contribution in [2.75, 3.05) is 37.5 Å². The Morgan fingerprint density at radius 2 is 1.86 bits per heavy atom. The number of alkyl halides is 1. The zero-order valence-electron chi connectivity index (χ0n) is 21.3. The first-order valence-corrected chi connectivity index (χ1v) is 11.6. The molecule has 1 saturated heterocycles. The van der Waals surface area contributed by atoms with Gasteiger partial charge in [0.05, 0.1) is 24.6 Å². The van der Waals surface area contributed by atoms with E-state index in [1.54, 1.807) is 31.2 Å². The van der Waals surface area contributed by atoms with Crippen LogP contribution < -0.4 is 15.8 Å². The lowest BCUT2D eigenvalue weighted by molar-refractivity contribution is -0.135. The van der Waals surface area contributed by atoms with E-state index >= 15 is 4.39 Å². The highest BCUT2D eigenvalue weighted by Gasteiger charge is 2.41. The van der Waals surface area contributed by atoms with Crippen molar-refractivity contribution in [2.24, 2.45) is 7.05 Å². The van der Waals surface area contributed by atoms with Gasteiger partial charge in [0, 0.05) is 32.4 Å². The molecule has 194 valence electrons. The molecule has 0 radical (unpaired) electrons. The van der Waals surface area contributed by atoms with Crippen molar-refractivity contribution >= 4 is 35.2 Å². The number of amides is 2. The molecular formula is C27H28F2N4O4. The maximum Gasteiger partial charge on any atom is 0.259 e. The minimum atomic E-state index is -1.69. The van der Waals surface area contributed by atoms with Gasteiger partial charge in [-0.15, -0.1) is 0 Å². The van der Waals surface area contributed by atoms with E-state index in [4.69, 9.17) is 4.74 Å². The van der Waals surface area contributed by atoms with Crippen molar-refractivity contribution in [3.05, 3.63) is 80.9 Å². The zero-order valence-corrected chi connectivity index (χ0v) is 21.3. The van der Waals surface area contributed by atoms with E-state index in [-0.39, 0.29) is 47.2 Å². The number of ether oxygens (including phenoxy) is 1. The van der Waals surface area contributed by atoms with Gasteiger partial charge in [0.25, 0.3) is 11.5 Å². The van der Waals surface area contributed by atoms with Crippen LogP contribution in [0.15, 0.2) is 47.3 Å². The molecule has 2 aromatic carbocycles. The van der Waals surface area contributed by atoms with E-state index in [1.807, 2.05) is 0 Å². The predicted molar refractivity (Wildman–Crippen MR) is 137 cm³/mol. The van der Waals surface area contributed by atoms with Gasteiger partial charge in [-0.1, -0.05) is 18.2 Å². The topological polar surface area (TPSA) is 83.9 Å². The van der Waals surface area contributed by atoms with Gasteiger partial charge >= 0.3 is 0 Å². The number of rotatable bonds is 7. The summed E-state index contributed by atoms with van der Waals surface area (Å²) in [4.78, 5) is 41.8. The number of aryl methyl sites for hydroxylation is 1. The van der Waals surface area contributed by atoms with Crippen molar-refractivity contribution < 1.29 is 23.1 Å². The molecular weight excluding hydrogens is 482 g/mol. The third-order valence-corrected chi connectivity index (χ3v) is 6.44. The summed E-state index contributed by atoms with van der Waals surface area (Å²) in [5, 5.41) is 2.89. The average molecular weight is 511 g/mol. The van der Waals surface area contributed by atoms with Crippen LogP contribution in [0.1, 0.15) is 27.0 Å². The van der Waals surface area contributed by atoms with Gasteiger partial charge in [0.1, 0.15) is 17.2 Å². The van der Waals surface area contributed by atoms with Gasteiger partial charge < -0.3 is 15.0 Å².